The number of hydrogen-bond acceptors (Lipinski definition) is 4. The lowest BCUT2D eigenvalue weighted by atomic mass is 10.2. The third-order valence-electron chi connectivity index (χ3n) is 2.30. The van der Waals surface area contributed by atoms with Crippen LogP contribution in [0.5, 0.6) is 0 Å². The summed E-state index contributed by atoms with van der Waals surface area (Å²) in [5, 5.41) is 12.3. The van der Waals surface area contributed by atoms with Crippen LogP contribution in [0.3, 0.4) is 0 Å². The van der Waals surface area contributed by atoms with Crippen molar-refractivity contribution in [2.24, 2.45) is 0 Å². The van der Waals surface area contributed by atoms with Crippen molar-refractivity contribution in [2.75, 3.05) is 0 Å². The van der Waals surface area contributed by atoms with Crippen LogP contribution in [-0.4, -0.2) is 16.2 Å². The fourth-order valence-electron chi connectivity index (χ4n) is 1.38. The molecule has 19 heavy (non-hydrogen) atoms. The molecule has 2 rings (SSSR count). The molecular formula is C12H9ClFNO4. The molecule has 0 radical (unpaired) electrons. The molecule has 0 spiro atoms. The van der Waals surface area contributed by atoms with Crippen molar-refractivity contribution in [2.45, 2.75) is 13.2 Å². The van der Waals surface area contributed by atoms with Gasteiger partial charge in [-0.25, -0.2) is 9.18 Å². The van der Waals surface area contributed by atoms with E-state index in [0.29, 0.717) is 10.6 Å². The highest BCUT2D eigenvalue weighted by molar-refractivity contribution is 6.30. The molecular weight excluding hydrogens is 277 g/mol. The summed E-state index contributed by atoms with van der Waals surface area (Å²) >= 11 is 5.62. The molecule has 0 aliphatic heterocycles. The van der Waals surface area contributed by atoms with Crippen molar-refractivity contribution in [1.29, 1.82) is 0 Å². The van der Waals surface area contributed by atoms with Gasteiger partial charge in [-0.2, -0.15) is 0 Å². The number of aromatic carboxylic acids is 1. The SMILES string of the molecule is O=C(O)c1cc(COCc2ccc(Cl)cc2F)on1. The summed E-state index contributed by atoms with van der Waals surface area (Å²) < 4.78 is 23.4. The van der Waals surface area contributed by atoms with E-state index in [1.54, 1.807) is 6.07 Å². The van der Waals surface area contributed by atoms with Crippen LogP contribution in [-0.2, 0) is 18.0 Å². The maximum absolute atomic E-state index is 13.4. The number of aromatic nitrogens is 1. The smallest absolute Gasteiger partial charge is 0.358 e. The zero-order valence-corrected chi connectivity index (χ0v) is 10.4. The molecule has 0 amide bonds. The number of rotatable bonds is 5. The van der Waals surface area contributed by atoms with Gasteiger partial charge in [-0.3, -0.25) is 0 Å². The highest BCUT2D eigenvalue weighted by Gasteiger charge is 2.11. The number of benzene rings is 1. The van der Waals surface area contributed by atoms with Crippen LogP contribution >= 0.6 is 11.6 Å². The van der Waals surface area contributed by atoms with Gasteiger partial charge in [0.25, 0.3) is 0 Å². The van der Waals surface area contributed by atoms with E-state index < -0.39 is 11.8 Å². The minimum Gasteiger partial charge on any atom is -0.476 e. The lowest BCUT2D eigenvalue weighted by Crippen LogP contribution is -1.97. The molecule has 0 aliphatic rings. The number of carboxylic acids is 1. The molecule has 0 atom stereocenters. The summed E-state index contributed by atoms with van der Waals surface area (Å²) in [5.74, 6) is -1.39. The molecule has 1 heterocycles. The standard InChI is InChI=1S/C12H9ClFNO4/c13-8-2-1-7(10(14)3-8)5-18-6-9-4-11(12(16)17)15-19-9/h1-4H,5-6H2,(H,16,17). The van der Waals surface area contributed by atoms with Crippen molar-refractivity contribution in [3.05, 3.63) is 52.1 Å². The monoisotopic (exact) mass is 285 g/mol. The first-order valence-corrected chi connectivity index (χ1v) is 5.64. The first-order chi connectivity index (χ1) is 9.06. The molecule has 0 fully saturated rings. The van der Waals surface area contributed by atoms with Crippen LogP contribution in [0.15, 0.2) is 28.8 Å². The number of carbonyl (C=O) groups is 1. The minimum absolute atomic E-state index is 0.00233. The Kier molecular flexibility index (Phi) is 4.13. The van der Waals surface area contributed by atoms with Gasteiger partial charge in [0.15, 0.2) is 11.5 Å². The first kappa shape index (κ1) is 13.5. The molecule has 2 aromatic rings. The minimum atomic E-state index is -1.18. The van der Waals surface area contributed by atoms with Gasteiger partial charge >= 0.3 is 5.97 Å². The normalized spacial score (nSPS) is 10.6. The highest BCUT2D eigenvalue weighted by atomic mass is 35.5. The van der Waals surface area contributed by atoms with Crippen LogP contribution in [0, 0.1) is 5.82 Å². The second-order valence-electron chi connectivity index (χ2n) is 3.71. The summed E-state index contributed by atoms with van der Waals surface area (Å²) in [6.45, 7) is 0.0223. The Morgan fingerprint density at radius 2 is 2.21 bits per heavy atom. The van der Waals surface area contributed by atoms with Gasteiger partial charge in [0, 0.05) is 16.7 Å². The number of nitrogens with zero attached hydrogens (tertiary/aromatic N) is 1. The second-order valence-corrected chi connectivity index (χ2v) is 4.15. The Labute approximate surface area is 112 Å². The zero-order valence-electron chi connectivity index (χ0n) is 9.60. The van der Waals surface area contributed by atoms with Gasteiger partial charge in [-0.05, 0) is 12.1 Å². The van der Waals surface area contributed by atoms with Crippen molar-refractivity contribution < 1.29 is 23.6 Å². The second kappa shape index (κ2) is 5.81. The molecule has 0 unspecified atom stereocenters. The maximum atomic E-state index is 13.4. The first-order valence-electron chi connectivity index (χ1n) is 5.27. The number of carboxylic acid groups (broad SMARTS) is 1. The molecule has 7 heteroatoms. The predicted molar refractivity (Wildman–Crippen MR) is 63.4 cm³/mol. The number of halogens is 2. The topological polar surface area (TPSA) is 72.6 Å². The number of ether oxygens (including phenoxy) is 1. The summed E-state index contributed by atoms with van der Waals surface area (Å²) in [4.78, 5) is 10.6. The Bertz CT molecular complexity index is 599. The molecule has 0 saturated heterocycles. The molecule has 5 nitrogen and oxygen atoms in total. The van der Waals surface area contributed by atoms with E-state index in [4.69, 9.17) is 26.0 Å². The summed E-state index contributed by atoms with van der Waals surface area (Å²) in [6.07, 6.45) is 0. The molecule has 1 aromatic heterocycles. The Morgan fingerprint density at radius 3 is 2.84 bits per heavy atom. The van der Waals surface area contributed by atoms with E-state index >= 15 is 0 Å². The predicted octanol–water partition coefficient (Wildman–Crippen LogP) is 2.88. The van der Waals surface area contributed by atoms with E-state index in [0.717, 1.165) is 0 Å². The Balaban J connectivity index is 1.90. The van der Waals surface area contributed by atoms with Crippen LogP contribution in [0.4, 0.5) is 4.39 Å². The third kappa shape index (κ3) is 3.52. The van der Waals surface area contributed by atoms with E-state index in [-0.39, 0.29) is 24.7 Å². The summed E-state index contributed by atoms with van der Waals surface area (Å²) in [6, 6.07) is 5.51. The third-order valence-corrected chi connectivity index (χ3v) is 2.53. The van der Waals surface area contributed by atoms with Crippen LogP contribution in [0.1, 0.15) is 21.8 Å². The summed E-state index contributed by atoms with van der Waals surface area (Å²) in [5.41, 5.74) is 0.152. The number of hydrogen-bond donors (Lipinski definition) is 1. The van der Waals surface area contributed by atoms with E-state index in [1.165, 1.54) is 18.2 Å². The molecule has 1 N–H and O–H groups in total. The zero-order chi connectivity index (χ0) is 13.8. The average Bonchev–Trinajstić information content (AvgIpc) is 2.81. The lowest BCUT2D eigenvalue weighted by molar-refractivity contribution is 0.0683. The quantitative estimate of drug-likeness (QED) is 0.914. The molecule has 100 valence electrons. The highest BCUT2D eigenvalue weighted by Crippen LogP contribution is 2.16. The van der Waals surface area contributed by atoms with Crippen molar-refractivity contribution in [3.8, 4) is 0 Å². The fourth-order valence-corrected chi connectivity index (χ4v) is 1.54. The average molecular weight is 286 g/mol. The van der Waals surface area contributed by atoms with Gasteiger partial charge in [0.1, 0.15) is 12.4 Å². The van der Waals surface area contributed by atoms with Crippen LogP contribution < -0.4 is 0 Å². The Morgan fingerprint density at radius 1 is 1.42 bits per heavy atom. The van der Waals surface area contributed by atoms with Crippen molar-refractivity contribution in [3.63, 3.8) is 0 Å². The molecule has 0 aliphatic carbocycles. The fraction of sp³-hybridized carbons (Fsp3) is 0.167. The van der Waals surface area contributed by atoms with Crippen LogP contribution in [0.25, 0.3) is 0 Å². The van der Waals surface area contributed by atoms with E-state index in [1.807, 2.05) is 0 Å². The van der Waals surface area contributed by atoms with E-state index in [9.17, 15) is 9.18 Å². The summed E-state index contributed by atoms with van der Waals surface area (Å²) in [7, 11) is 0. The van der Waals surface area contributed by atoms with Gasteiger partial charge in [0.05, 0.1) is 6.61 Å². The Hall–Kier alpha value is -1.92. The molecule has 0 saturated carbocycles. The lowest BCUT2D eigenvalue weighted by Gasteiger charge is -2.03. The molecule has 1 aromatic carbocycles. The van der Waals surface area contributed by atoms with Gasteiger partial charge in [-0.15, -0.1) is 0 Å². The largest absolute Gasteiger partial charge is 0.476 e. The van der Waals surface area contributed by atoms with Crippen LogP contribution in [0.2, 0.25) is 5.02 Å². The van der Waals surface area contributed by atoms with Crippen molar-refractivity contribution in [1.82, 2.24) is 5.16 Å². The molecule has 0 bridgehead atoms. The maximum Gasteiger partial charge on any atom is 0.358 e. The van der Waals surface area contributed by atoms with Crippen molar-refractivity contribution >= 4 is 17.6 Å². The van der Waals surface area contributed by atoms with Gasteiger partial charge < -0.3 is 14.4 Å². The van der Waals surface area contributed by atoms with E-state index in [2.05, 4.69) is 5.16 Å². The van der Waals surface area contributed by atoms with Gasteiger partial charge in [0.2, 0.25) is 0 Å². The van der Waals surface area contributed by atoms with Gasteiger partial charge in [-0.1, -0.05) is 22.8 Å².